The fraction of sp³-hybridized carbons (Fsp3) is 0.571. The summed E-state index contributed by atoms with van der Waals surface area (Å²) in [5.41, 5.74) is -0.893. The summed E-state index contributed by atoms with van der Waals surface area (Å²) in [5.74, 6) is -0.660. The minimum atomic E-state index is -1.07. The number of ketones is 2. The number of carbonyl (C=O) groups is 2. The summed E-state index contributed by atoms with van der Waals surface area (Å²) < 4.78 is 0. The third-order valence-electron chi connectivity index (χ3n) is 3.23. The van der Waals surface area contributed by atoms with Crippen LogP contribution in [0.3, 0.4) is 0 Å². The van der Waals surface area contributed by atoms with E-state index in [0.29, 0.717) is 0 Å². The summed E-state index contributed by atoms with van der Waals surface area (Å²) >= 11 is 0. The van der Waals surface area contributed by atoms with Crippen LogP contribution in [0.4, 0.5) is 0 Å². The molecule has 0 bridgehead atoms. The monoisotopic (exact) mass is 237 g/mol. The van der Waals surface area contributed by atoms with Crippen LogP contribution in [0.5, 0.6) is 0 Å². The SMILES string of the molecule is CC(C)=CC1=[13C](O)C(C)(C)C(=O)C(C)(C)C1=O. The van der Waals surface area contributed by atoms with Gasteiger partial charge in [-0.15, -0.1) is 0 Å². The van der Waals surface area contributed by atoms with Gasteiger partial charge in [-0.1, -0.05) is 5.57 Å². The molecule has 3 heteroatoms. The number of rotatable bonds is 1. The van der Waals surface area contributed by atoms with Crippen molar-refractivity contribution >= 4 is 11.6 Å². The van der Waals surface area contributed by atoms with Gasteiger partial charge >= 0.3 is 0 Å². The number of aliphatic hydroxyl groups excluding tert-OH is 1. The molecule has 0 radical (unpaired) electrons. The first kappa shape index (κ1) is 13.7. The maximum absolute atomic E-state index is 12.2. The van der Waals surface area contributed by atoms with Crippen molar-refractivity contribution in [2.75, 3.05) is 0 Å². The van der Waals surface area contributed by atoms with Crippen molar-refractivity contribution in [3.05, 3.63) is 23.0 Å². The molecular weight excluding hydrogens is 217 g/mol. The average molecular weight is 237 g/mol. The molecule has 1 aliphatic rings. The van der Waals surface area contributed by atoms with Gasteiger partial charge in [0.1, 0.15) is 5.76 Å². The van der Waals surface area contributed by atoms with E-state index < -0.39 is 10.8 Å². The van der Waals surface area contributed by atoms with Gasteiger partial charge < -0.3 is 5.11 Å². The van der Waals surface area contributed by atoms with Crippen molar-refractivity contribution < 1.29 is 14.7 Å². The van der Waals surface area contributed by atoms with Crippen LogP contribution in [-0.2, 0) is 9.59 Å². The number of aliphatic hydroxyl groups is 1. The highest BCUT2D eigenvalue weighted by Crippen LogP contribution is 2.43. The molecule has 1 rings (SSSR count). The van der Waals surface area contributed by atoms with E-state index in [1.165, 1.54) is 0 Å². The third kappa shape index (κ3) is 1.94. The smallest absolute Gasteiger partial charge is 0.179 e. The Labute approximate surface area is 102 Å². The lowest BCUT2D eigenvalue weighted by atomic mass is 9.69. The molecule has 0 aromatic rings. The fourth-order valence-electron chi connectivity index (χ4n) is 2.20. The summed E-state index contributed by atoms with van der Waals surface area (Å²) in [7, 11) is 0. The predicted octanol–water partition coefficient (Wildman–Crippen LogP) is 2.97. The zero-order valence-corrected chi connectivity index (χ0v) is 11.3. The molecule has 94 valence electrons. The van der Waals surface area contributed by atoms with Crippen LogP contribution in [0.2, 0.25) is 0 Å². The van der Waals surface area contributed by atoms with E-state index in [1.54, 1.807) is 33.8 Å². The van der Waals surface area contributed by atoms with Crippen molar-refractivity contribution in [2.45, 2.75) is 41.5 Å². The molecular formula is C14H20O3. The van der Waals surface area contributed by atoms with E-state index in [-0.39, 0.29) is 22.9 Å². The average Bonchev–Trinajstić information content (AvgIpc) is 2.20. The van der Waals surface area contributed by atoms with E-state index in [1.807, 2.05) is 13.8 Å². The Hall–Kier alpha value is -1.38. The van der Waals surface area contributed by atoms with Crippen LogP contribution < -0.4 is 0 Å². The number of carbonyl (C=O) groups excluding carboxylic acids is 2. The quantitative estimate of drug-likeness (QED) is 0.563. The molecule has 0 unspecified atom stereocenters. The van der Waals surface area contributed by atoms with Crippen molar-refractivity contribution in [1.29, 1.82) is 0 Å². The molecule has 0 amide bonds. The first-order valence-electron chi connectivity index (χ1n) is 5.71. The Balaban J connectivity index is 3.56. The van der Waals surface area contributed by atoms with E-state index in [2.05, 4.69) is 0 Å². The lowest BCUT2D eigenvalue weighted by molar-refractivity contribution is -0.144. The van der Waals surface area contributed by atoms with Crippen LogP contribution in [0.25, 0.3) is 0 Å². The Morgan fingerprint density at radius 1 is 1.06 bits per heavy atom. The normalized spacial score (nSPS) is 22.7. The number of allylic oxidation sites excluding steroid dienone is 4. The largest absolute Gasteiger partial charge is 0.511 e. The lowest BCUT2D eigenvalue weighted by Crippen LogP contribution is -2.48. The second kappa shape index (κ2) is 3.83. The van der Waals surface area contributed by atoms with E-state index in [0.717, 1.165) is 5.57 Å². The van der Waals surface area contributed by atoms with Crippen molar-refractivity contribution in [3.8, 4) is 0 Å². The molecule has 0 spiro atoms. The zero-order chi connectivity index (χ0) is 13.6. The predicted molar refractivity (Wildman–Crippen MR) is 66.7 cm³/mol. The number of hydrogen-bond acceptors (Lipinski definition) is 3. The Kier molecular flexibility index (Phi) is 3.08. The van der Waals surface area contributed by atoms with Gasteiger partial charge in [0.15, 0.2) is 11.6 Å². The summed E-state index contributed by atoms with van der Waals surface area (Å²) in [4.78, 5) is 24.4. The van der Waals surface area contributed by atoms with Gasteiger partial charge in [0.25, 0.3) is 0 Å². The summed E-state index contributed by atoms with van der Waals surface area (Å²) in [5, 5.41) is 10.1. The van der Waals surface area contributed by atoms with Crippen LogP contribution in [0.1, 0.15) is 41.5 Å². The van der Waals surface area contributed by atoms with Crippen LogP contribution in [0.15, 0.2) is 23.0 Å². The third-order valence-corrected chi connectivity index (χ3v) is 3.23. The van der Waals surface area contributed by atoms with Crippen LogP contribution >= 0.6 is 0 Å². The van der Waals surface area contributed by atoms with Gasteiger partial charge in [0.2, 0.25) is 0 Å². The van der Waals surface area contributed by atoms with Gasteiger partial charge in [-0.3, -0.25) is 9.59 Å². The summed E-state index contributed by atoms with van der Waals surface area (Å²) in [6.45, 7) is 10.2. The van der Waals surface area contributed by atoms with Crippen molar-refractivity contribution in [1.82, 2.24) is 0 Å². The first-order chi connectivity index (χ1) is 7.52. The molecule has 0 atom stereocenters. The maximum atomic E-state index is 12.2. The van der Waals surface area contributed by atoms with Gasteiger partial charge in [-0.25, -0.2) is 0 Å². The van der Waals surface area contributed by atoms with E-state index in [4.69, 9.17) is 0 Å². The molecule has 1 aliphatic carbocycles. The first-order valence-corrected chi connectivity index (χ1v) is 5.71. The molecule has 0 aromatic heterocycles. The molecule has 3 nitrogen and oxygen atoms in total. The Bertz CT molecular complexity index is 444. The van der Waals surface area contributed by atoms with E-state index >= 15 is 0 Å². The van der Waals surface area contributed by atoms with Crippen molar-refractivity contribution in [2.24, 2.45) is 10.8 Å². The zero-order valence-electron chi connectivity index (χ0n) is 11.3. The fourth-order valence-corrected chi connectivity index (χ4v) is 2.20. The van der Waals surface area contributed by atoms with Crippen LogP contribution in [0, 0.1) is 10.8 Å². The molecule has 0 heterocycles. The van der Waals surface area contributed by atoms with Crippen LogP contribution in [-0.4, -0.2) is 16.7 Å². The second-order valence-corrected chi connectivity index (χ2v) is 5.89. The molecule has 0 fully saturated rings. The topological polar surface area (TPSA) is 54.4 Å². The van der Waals surface area contributed by atoms with Gasteiger partial charge in [-0.2, -0.15) is 0 Å². The minimum Gasteiger partial charge on any atom is -0.511 e. The Morgan fingerprint density at radius 2 is 1.53 bits per heavy atom. The maximum Gasteiger partial charge on any atom is 0.179 e. The van der Waals surface area contributed by atoms with Gasteiger partial charge in [0, 0.05) is 0 Å². The highest BCUT2D eigenvalue weighted by atomic mass is 16.3. The molecule has 1 N–H and O–H groups in total. The van der Waals surface area contributed by atoms with Gasteiger partial charge in [-0.05, 0) is 47.6 Å². The number of hydrogen-bond donors (Lipinski definition) is 1. The summed E-state index contributed by atoms with van der Waals surface area (Å²) in [6.07, 6.45) is 1.65. The lowest BCUT2D eigenvalue weighted by Gasteiger charge is -2.37. The standard InChI is InChI=1S/C14H20O3/c1-8(2)7-9-10(15)13(3,4)12(17)14(5,6)11(9)16/h7,15H,1-6H3/i10+1. The molecule has 0 saturated carbocycles. The molecule has 17 heavy (non-hydrogen) atoms. The highest BCUT2D eigenvalue weighted by Gasteiger charge is 2.52. The molecule has 0 aromatic carbocycles. The number of Topliss-reactive ketones (excluding diaryl/α,β-unsaturated/α-hetero) is 2. The second-order valence-electron chi connectivity index (χ2n) is 5.89. The van der Waals surface area contributed by atoms with Gasteiger partial charge in [0.05, 0.1) is 16.4 Å². The molecule has 0 saturated heterocycles. The minimum absolute atomic E-state index is 0.118. The summed E-state index contributed by atoms with van der Waals surface area (Å²) in [6, 6.07) is 0. The van der Waals surface area contributed by atoms with E-state index in [9.17, 15) is 14.7 Å². The molecule has 0 aliphatic heterocycles. The Morgan fingerprint density at radius 3 is 1.94 bits per heavy atom. The highest BCUT2D eigenvalue weighted by molar-refractivity contribution is 6.20. The van der Waals surface area contributed by atoms with Crippen molar-refractivity contribution in [3.63, 3.8) is 0 Å².